The quantitative estimate of drug-likeness (QED) is 0.738. The Morgan fingerprint density at radius 1 is 1.15 bits per heavy atom. The highest BCUT2D eigenvalue weighted by molar-refractivity contribution is 7.16. The van der Waals surface area contributed by atoms with E-state index in [0.717, 1.165) is 35.1 Å². The van der Waals surface area contributed by atoms with Crippen molar-refractivity contribution in [2.24, 2.45) is 0 Å². The Bertz CT molecular complexity index is 741. The van der Waals surface area contributed by atoms with Crippen molar-refractivity contribution in [1.29, 1.82) is 0 Å². The molecular weight excluding hydrogens is 268 g/mol. The molecule has 3 rings (SSSR count). The molecular formula is C15H18N4S. The van der Waals surface area contributed by atoms with Crippen LogP contribution in [0.15, 0.2) is 18.2 Å². The SMILES string of the molecule is CCCc1nnc2sc(Cc3ccc(C)c(C)c3)nn12. The van der Waals surface area contributed by atoms with Crippen molar-refractivity contribution in [1.82, 2.24) is 19.8 Å². The van der Waals surface area contributed by atoms with Crippen molar-refractivity contribution in [2.75, 3.05) is 0 Å². The fourth-order valence-electron chi connectivity index (χ4n) is 2.24. The molecule has 20 heavy (non-hydrogen) atoms. The minimum Gasteiger partial charge on any atom is -0.187 e. The summed E-state index contributed by atoms with van der Waals surface area (Å²) in [6.07, 6.45) is 2.85. The molecule has 0 aliphatic carbocycles. The van der Waals surface area contributed by atoms with E-state index in [-0.39, 0.29) is 0 Å². The smallest absolute Gasteiger partial charge is 0.187 e. The summed E-state index contributed by atoms with van der Waals surface area (Å²) >= 11 is 1.63. The van der Waals surface area contributed by atoms with Crippen molar-refractivity contribution in [3.63, 3.8) is 0 Å². The van der Waals surface area contributed by atoms with Crippen molar-refractivity contribution >= 4 is 16.3 Å². The van der Waals surface area contributed by atoms with Gasteiger partial charge >= 0.3 is 0 Å². The predicted octanol–water partition coefficient (Wildman–Crippen LogP) is 3.35. The van der Waals surface area contributed by atoms with Crippen molar-refractivity contribution < 1.29 is 0 Å². The van der Waals surface area contributed by atoms with E-state index in [2.05, 4.69) is 54.3 Å². The highest BCUT2D eigenvalue weighted by atomic mass is 32.1. The summed E-state index contributed by atoms with van der Waals surface area (Å²) in [5, 5.41) is 14.1. The Labute approximate surface area is 122 Å². The Hall–Kier alpha value is -1.75. The molecule has 3 aromatic rings. The van der Waals surface area contributed by atoms with Crippen molar-refractivity contribution in [2.45, 2.75) is 40.0 Å². The van der Waals surface area contributed by atoms with Gasteiger partial charge in [-0.3, -0.25) is 0 Å². The van der Waals surface area contributed by atoms with Gasteiger partial charge in [0, 0.05) is 12.8 Å². The first kappa shape index (κ1) is 13.2. The average molecular weight is 286 g/mol. The third-order valence-electron chi connectivity index (χ3n) is 3.50. The molecule has 0 spiro atoms. The van der Waals surface area contributed by atoms with Crippen LogP contribution < -0.4 is 0 Å². The van der Waals surface area contributed by atoms with Gasteiger partial charge in [-0.15, -0.1) is 10.2 Å². The van der Waals surface area contributed by atoms with Gasteiger partial charge in [0.15, 0.2) is 5.82 Å². The minimum atomic E-state index is 0.862. The van der Waals surface area contributed by atoms with Crippen molar-refractivity contribution in [3.8, 4) is 0 Å². The van der Waals surface area contributed by atoms with Gasteiger partial charge in [-0.25, -0.2) is 0 Å². The van der Waals surface area contributed by atoms with E-state index in [1.807, 2.05) is 4.52 Å². The largest absolute Gasteiger partial charge is 0.234 e. The molecule has 0 radical (unpaired) electrons. The number of fused-ring (bicyclic) bond motifs is 1. The number of rotatable bonds is 4. The second-order valence-corrected chi connectivity index (χ2v) is 6.19. The number of nitrogens with zero attached hydrogens (tertiary/aromatic N) is 4. The first-order valence-corrected chi connectivity index (χ1v) is 7.75. The molecule has 0 bridgehead atoms. The number of aromatic nitrogens is 4. The maximum absolute atomic E-state index is 4.65. The normalized spacial score (nSPS) is 11.3. The predicted molar refractivity (Wildman–Crippen MR) is 81.4 cm³/mol. The van der Waals surface area contributed by atoms with Crippen LogP contribution >= 0.6 is 11.3 Å². The molecule has 0 amide bonds. The second-order valence-electron chi connectivity index (χ2n) is 5.15. The summed E-state index contributed by atoms with van der Waals surface area (Å²) in [5.41, 5.74) is 3.96. The molecule has 0 aliphatic heterocycles. The van der Waals surface area contributed by atoms with Gasteiger partial charge in [-0.2, -0.15) is 9.61 Å². The first-order valence-electron chi connectivity index (χ1n) is 6.93. The Kier molecular flexibility index (Phi) is 3.53. The highest BCUT2D eigenvalue weighted by Gasteiger charge is 2.11. The van der Waals surface area contributed by atoms with E-state index < -0.39 is 0 Å². The van der Waals surface area contributed by atoms with Crippen LogP contribution in [0, 0.1) is 13.8 Å². The Balaban J connectivity index is 1.88. The van der Waals surface area contributed by atoms with E-state index in [1.165, 1.54) is 16.7 Å². The molecule has 0 saturated heterocycles. The van der Waals surface area contributed by atoms with Crippen LogP contribution in [0.3, 0.4) is 0 Å². The molecule has 1 aromatic carbocycles. The van der Waals surface area contributed by atoms with Crippen LogP contribution in [0.2, 0.25) is 0 Å². The number of aryl methyl sites for hydroxylation is 3. The monoisotopic (exact) mass is 286 g/mol. The lowest BCUT2D eigenvalue weighted by Crippen LogP contribution is -1.97. The molecule has 0 atom stereocenters. The Morgan fingerprint density at radius 2 is 2.00 bits per heavy atom. The Morgan fingerprint density at radius 3 is 2.75 bits per heavy atom. The first-order chi connectivity index (χ1) is 9.67. The zero-order chi connectivity index (χ0) is 14.1. The zero-order valence-electron chi connectivity index (χ0n) is 12.1. The van der Waals surface area contributed by atoms with Gasteiger partial charge in [-0.05, 0) is 37.0 Å². The van der Waals surface area contributed by atoms with Crippen LogP contribution in [-0.4, -0.2) is 19.8 Å². The van der Waals surface area contributed by atoms with E-state index in [9.17, 15) is 0 Å². The lowest BCUT2D eigenvalue weighted by molar-refractivity contribution is 0.767. The van der Waals surface area contributed by atoms with Gasteiger partial charge < -0.3 is 0 Å². The van der Waals surface area contributed by atoms with Gasteiger partial charge in [0.2, 0.25) is 4.96 Å². The minimum absolute atomic E-state index is 0.862. The lowest BCUT2D eigenvalue weighted by atomic mass is 10.0. The molecule has 2 heterocycles. The van der Waals surface area contributed by atoms with Crippen LogP contribution in [-0.2, 0) is 12.8 Å². The van der Waals surface area contributed by atoms with E-state index in [0.29, 0.717) is 0 Å². The second kappa shape index (κ2) is 5.32. The summed E-state index contributed by atoms with van der Waals surface area (Å²) < 4.78 is 1.89. The van der Waals surface area contributed by atoms with Crippen LogP contribution in [0.5, 0.6) is 0 Å². The maximum atomic E-state index is 4.65. The molecule has 4 nitrogen and oxygen atoms in total. The molecule has 2 aromatic heterocycles. The summed E-state index contributed by atoms with van der Waals surface area (Å²) in [6.45, 7) is 6.43. The topological polar surface area (TPSA) is 43.1 Å². The van der Waals surface area contributed by atoms with E-state index >= 15 is 0 Å². The number of hydrogen-bond donors (Lipinski definition) is 0. The lowest BCUT2D eigenvalue weighted by Gasteiger charge is -2.03. The third kappa shape index (κ3) is 2.45. The molecule has 0 saturated carbocycles. The molecule has 0 fully saturated rings. The van der Waals surface area contributed by atoms with Gasteiger partial charge in [0.05, 0.1) is 0 Å². The highest BCUT2D eigenvalue weighted by Crippen LogP contribution is 2.19. The summed E-state index contributed by atoms with van der Waals surface area (Å²) in [5.74, 6) is 0.963. The van der Waals surface area contributed by atoms with Gasteiger partial charge in [0.25, 0.3) is 0 Å². The van der Waals surface area contributed by atoms with Gasteiger partial charge in [0.1, 0.15) is 5.01 Å². The zero-order valence-corrected chi connectivity index (χ0v) is 12.9. The molecule has 0 N–H and O–H groups in total. The average Bonchev–Trinajstić information content (AvgIpc) is 2.96. The van der Waals surface area contributed by atoms with Crippen LogP contribution in [0.4, 0.5) is 0 Å². The molecule has 0 unspecified atom stereocenters. The van der Waals surface area contributed by atoms with Crippen LogP contribution in [0.25, 0.3) is 4.96 Å². The van der Waals surface area contributed by atoms with E-state index in [4.69, 9.17) is 0 Å². The molecule has 5 heteroatoms. The summed E-state index contributed by atoms with van der Waals surface area (Å²) in [7, 11) is 0. The van der Waals surface area contributed by atoms with Crippen LogP contribution in [0.1, 0.15) is 40.9 Å². The van der Waals surface area contributed by atoms with Gasteiger partial charge in [-0.1, -0.05) is 36.5 Å². The summed E-state index contributed by atoms with van der Waals surface area (Å²) in [4.78, 5) is 0.896. The number of hydrogen-bond acceptors (Lipinski definition) is 4. The maximum Gasteiger partial charge on any atom is 0.234 e. The molecule has 0 aliphatic rings. The van der Waals surface area contributed by atoms with Crippen molar-refractivity contribution in [3.05, 3.63) is 45.7 Å². The molecule has 104 valence electrons. The third-order valence-corrected chi connectivity index (χ3v) is 4.40. The fourth-order valence-corrected chi connectivity index (χ4v) is 3.12. The standard InChI is InChI=1S/C15H18N4S/c1-4-5-13-16-17-15-19(13)18-14(20-15)9-12-7-6-10(2)11(3)8-12/h6-8H,4-5,9H2,1-3H3. The fraction of sp³-hybridized carbons (Fsp3) is 0.400. The summed E-state index contributed by atoms with van der Waals surface area (Å²) in [6, 6.07) is 6.59. The van der Waals surface area contributed by atoms with E-state index in [1.54, 1.807) is 11.3 Å². The number of benzene rings is 1.